The van der Waals surface area contributed by atoms with E-state index in [9.17, 15) is 9.18 Å². The SMILES string of the molecule is Cc1ccc(-c2ccc(C(=O)O)c(F)c2)s1. The first-order valence-corrected chi connectivity index (χ1v) is 5.49. The van der Waals surface area contributed by atoms with Gasteiger partial charge in [-0.25, -0.2) is 9.18 Å². The third kappa shape index (κ3) is 1.97. The van der Waals surface area contributed by atoms with Crippen LogP contribution < -0.4 is 0 Å². The summed E-state index contributed by atoms with van der Waals surface area (Å²) < 4.78 is 13.4. The lowest BCUT2D eigenvalue weighted by atomic mass is 10.1. The van der Waals surface area contributed by atoms with E-state index in [2.05, 4.69) is 0 Å². The molecule has 0 aliphatic carbocycles. The van der Waals surface area contributed by atoms with Gasteiger partial charge in [-0.2, -0.15) is 0 Å². The largest absolute Gasteiger partial charge is 0.478 e. The minimum Gasteiger partial charge on any atom is -0.478 e. The highest BCUT2D eigenvalue weighted by molar-refractivity contribution is 7.15. The van der Waals surface area contributed by atoms with E-state index < -0.39 is 11.8 Å². The number of halogens is 1. The van der Waals surface area contributed by atoms with Crippen molar-refractivity contribution < 1.29 is 14.3 Å². The van der Waals surface area contributed by atoms with Gasteiger partial charge in [-0.1, -0.05) is 6.07 Å². The van der Waals surface area contributed by atoms with Gasteiger partial charge in [-0.15, -0.1) is 11.3 Å². The molecule has 16 heavy (non-hydrogen) atoms. The maximum Gasteiger partial charge on any atom is 0.338 e. The number of aryl methyl sites for hydroxylation is 1. The average molecular weight is 236 g/mol. The van der Waals surface area contributed by atoms with Crippen LogP contribution in [0.3, 0.4) is 0 Å². The predicted octanol–water partition coefficient (Wildman–Crippen LogP) is 3.56. The molecule has 2 aromatic rings. The zero-order valence-electron chi connectivity index (χ0n) is 8.53. The number of hydrogen-bond donors (Lipinski definition) is 1. The second kappa shape index (κ2) is 4.06. The van der Waals surface area contributed by atoms with E-state index in [0.717, 1.165) is 9.75 Å². The Kier molecular flexibility index (Phi) is 2.75. The average Bonchev–Trinajstić information content (AvgIpc) is 2.64. The summed E-state index contributed by atoms with van der Waals surface area (Å²) in [5.41, 5.74) is 0.414. The van der Waals surface area contributed by atoms with Crippen LogP contribution >= 0.6 is 11.3 Å². The van der Waals surface area contributed by atoms with Crippen molar-refractivity contribution >= 4 is 17.3 Å². The van der Waals surface area contributed by atoms with Crippen LogP contribution in [0.5, 0.6) is 0 Å². The lowest BCUT2D eigenvalue weighted by Crippen LogP contribution is -1.99. The Labute approximate surface area is 96.0 Å². The number of benzene rings is 1. The van der Waals surface area contributed by atoms with Crippen LogP contribution in [0, 0.1) is 12.7 Å². The summed E-state index contributed by atoms with van der Waals surface area (Å²) in [4.78, 5) is 12.7. The number of rotatable bonds is 2. The molecule has 1 N–H and O–H groups in total. The predicted molar refractivity (Wildman–Crippen MR) is 61.4 cm³/mol. The maximum absolute atomic E-state index is 13.4. The molecule has 0 atom stereocenters. The van der Waals surface area contributed by atoms with Gasteiger partial charge in [-0.05, 0) is 36.8 Å². The topological polar surface area (TPSA) is 37.3 Å². The number of aromatic carboxylic acids is 1. The van der Waals surface area contributed by atoms with Gasteiger partial charge in [0.05, 0.1) is 5.56 Å². The molecule has 2 nitrogen and oxygen atoms in total. The molecule has 0 fully saturated rings. The summed E-state index contributed by atoms with van der Waals surface area (Å²) in [6, 6.07) is 8.02. The second-order valence-electron chi connectivity index (χ2n) is 3.41. The Hall–Kier alpha value is -1.68. The molecule has 0 aliphatic rings. The summed E-state index contributed by atoms with van der Waals surface area (Å²) in [6.45, 7) is 1.97. The fraction of sp³-hybridized carbons (Fsp3) is 0.0833. The molecule has 82 valence electrons. The molecule has 0 saturated carbocycles. The van der Waals surface area contributed by atoms with E-state index in [1.165, 1.54) is 12.1 Å². The zero-order chi connectivity index (χ0) is 11.7. The molecule has 0 unspecified atom stereocenters. The Morgan fingerprint density at radius 1 is 1.31 bits per heavy atom. The smallest absolute Gasteiger partial charge is 0.338 e. The molecule has 4 heteroatoms. The van der Waals surface area contributed by atoms with Crippen LogP contribution in [0.25, 0.3) is 10.4 Å². The van der Waals surface area contributed by atoms with Gasteiger partial charge in [-0.3, -0.25) is 0 Å². The molecular formula is C12H9FO2S. The fourth-order valence-electron chi connectivity index (χ4n) is 1.43. The summed E-state index contributed by atoms with van der Waals surface area (Å²) in [5, 5.41) is 8.69. The Balaban J connectivity index is 2.45. The standard InChI is InChI=1S/C12H9FO2S/c1-7-2-5-11(16-7)8-3-4-9(12(14)15)10(13)6-8/h2-6H,1H3,(H,14,15). The van der Waals surface area contributed by atoms with Crippen molar-refractivity contribution in [2.24, 2.45) is 0 Å². The highest BCUT2D eigenvalue weighted by Gasteiger charge is 2.11. The molecule has 1 heterocycles. The number of hydrogen-bond acceptors (Lipinski definition) is 2. The first kappa shape index (κ1) is 10.8. The van der Waals surface area contributed by atoms with Crippen molar-refractivity contribution in [3.63, 3.8) is 0 Å². The molecule has 0 bridgehead atoms. The number of carboxylic acid groups (broad SMARTS) is 1. The van der Waals surface area contributed by atoms with Crippen molar-refractivity contribution in [2.75, 3.05) is 0 Å². The van der Waals surface area contributed by atoms with Crippen LogP contribution in [0.15, 0.2) is 30.3 Å². The molecule has 0 radical (unpaired) electrons. The highest BCUT2D eigenvalue weighted by atomic mass is 32.1. The van der Waals surface area contributed by atoms with Crippen LogP contribution in [-0.4, -0.2) is 11.1 Å². The molecule has 1 aromatic carbocycles. The second-order valence-corrected chi connectivity index (χ2v) is 4.70. The van der Waals surface area contributed by atoms with Gasteiger partial charge < -0.3 is 5.11 Å². The number of carboxylic acids is 1. The van der Waals surface area contributed by atoms with Gasteiger partial charge in [0.15, 0.2) is 0 Å². The van der Waals surface area contributed by atoms with Gasteiger partial charge in [0.1, 0.15) is 5.82 Å². The summed E-state index contributed by atoms with van der Waals surface area (Å²) in [6.07, 6.45) is 0. The highest BCUT2D eigenvalue weighted by Crippen LogP contribution is 2.28. The minimum absolute atomic E-state index is 0.294. The molecule has 0 spiro atoms. The Morgan fingerprint density at radius 2 is 2.06 bits per heavy atom. The molecule has 0 saturated heterocycles. The monoisotopic (exact) mass is 236 g/mol. The fourth-order valence-corrected chi connectivity index (χ4v) is 2.30. The van der Waals surface area contributed by atoms with Crippen molar-refractivity contribution in [3.8, 4) is 10.4 Å². The molecule has 0 aliphatic heterocycles. The van der Waals surface area contributed by atoms with Gasteiger partial charge in [0.25, 0.3) is 0 Å². The summed E-state index contributed by atoms with van der Waals surface area (Å²) in [5.74, 6) is -1.94. The minimum atomic E-state index is -1.24. The van der Waals surface area contributed by atoms with E-state index in [0.29, 0.717) is 5.56 Å². The lowest BCUT2D eigenvalue weighted by molar-refractivity contribution is 0.0692. The van der Waals surface area contributed by atoms with Crippen LogP contribution in [0.1, 0.15) is 15.2 Å². The van der Waals surface area contributed by atoms with E-state index in [-0.39, 0.29) is 5.56 Å². The van der Waals surface area contributed by atoms with Gasteiger partial charge in [0.2, 0.25) is 0 Å². The normalized spacial score (nSPS) is 10.4. The van der Waals surface area contributed by atoms with Crippen molar-refractivity contribution in [3.05, 3.63) is 46.6 Å². The number of thiophene rings is 1. The third-order valence-corrected chi connectivity index (χ3v) is 3.27. The van der Waals surface area contributed by atoms with E-state index in [1.54, 1.807) is 17.4 Å². The quantitative estimate of drug-likeness (QED) is 0.865. The van der Waals surface area contributed by atoms with Crippen LogP contribution in [0.2, 0.25) is 0 Å². The molecule has 1 aromatic heterocycles. The van der Waals surface area contributed by atoms with Gasteiger partial charge in [0, 0.05) is 9.75 Å². The third-order valence-electron chi connectivity index (χ3n) is 2.22. The van der Waals surface area contributed by atoms with E-state index >= 15 is 0 Å². The first-order chi connectivity index (χ1) is 7.58. The lowest BCUT2D eigenvalue weighted by Gasteiger charge is -2.00. The summed E-state index contributed by atoms with van der Waals surface area (Å²) in [7, 11) is 0. The molecular weight excluding hydrogens is 227 g/mol. The van der Waals surface area contributed by atoms with Crippen molar-refractivity contribution in [1.29, 1.82) is 0 Å². The Bertz CT molecular complexity index is 546. The Morgan fingerprint density at radius 3 is 2.56 bits per heavy atom. The molecule has 0 amide bonds. The zero-order valence-corrected chi connectivity index (χ0v) is 9.34. The van der Waals surface area contributed by atoms with Crippen molar-refractivity contribution in [1.82, 2.24) is 0 Å². The maximum atomic E-state index is 13.4. The van der Waals surface area contributed by atoms with Crippen molar-refractivity contribution in [2.45, 2.75) is 6.92 Å². The number of carbonyl (C=O) groups is 1. The van der Waals surface area contributed by atoms with Crippen LogP contribution in [0.4, 0.5) is 4.39 Å². The van der Waals surface area contributed by atoms with E-state index in [1.807, 2.05) is 19.1 Å². The summed E-state index contributed by atoms with van der Waals surface area (Å²) >= 11 is 1.55. The molecule has 2 rings (SSSR count). The first-order valence-electron chi connectivity index (χ1n) is 4.67. The van der Waals surface area contributed by atoms with Crippen LogP contribution in [-0.2, 0) is 0 Å². The van der Waals surface area contributed by atoms with E-state index in [4.69, 9.17) is 5.11 Å². The van der Waals surface area contributed by atoms with Gasteiger partial charge >= 0.3 is 5.97 Å².